The van der Waals surface area contributed by atoms with Gasteiger partial charge in [-0.25, -0.2) is 4.79 Å². The summed E-state index contributed by atoms with van der Waals surface area (Å²) in [6.07, 6.45) is 2.97. The molecule has 0 saturated carbocycles. The molecule has 2 rings (SSSR count). The summed E-state index contributed by atoms with van der Waals surface area (Å²) in [6.45, 7) is 12.3. The van der Waals surface area contributed by atoms with Crippen molar-refractivity contribution in [1.29, 1.82) is 0 Å². The van der Waals surface area contributed by atoms with Crippen LogP contribution in [0.5, 0.6) is 0 Å². The molecule has 1 aromatic heterocycles. The van der Waals surface area contributed by atoms with Crippen molar-refractivity contribution in [2.24, 2.45) is 5.92 Å². The van der Waals surface area contributed by atoms with E-state index >= 15 is 0 Å². The summed E-state index contributed by atoms with van der Waals surface area (Å²) in [7, 11) is 0. The van der Waals surface area contributed by atoms with Crippen molar-refractivity contribution in [3.05, 3.63) is 24.0 Å². The maximum Gasteiger partial charge on any atom is 0.410 e. The van der Waals surface area contributed by atoms with Gasteiger partial charge in [0.2, 0.25) is 0 Å². The summed E-state index contributed by atoms with van der Waals surface area (Å²) in [5.74, 6) is 0.512. The number of nitrogens with one attached hydrogen (secondary N) is 1. The first-order chi connectivity index (χ1) is 10.4. The van der Waals surface area contributed by atoms with Gasteiger partial charge in [-0.3, -0.25) is 0 Å². The van der Waals surface area contributed by atoms with Gasteiger partial charge in [0.1, 0.15) is 5.60 Å². The van der Waals surface area contributed by atoms with Crippen molar-refractivity contribution < 1.29 is 9.53 Å². The second-order valence-electron chi connectivity index (χ2n) is 7.00. The van der Waals surface area contributed by atoms with Gasteiger partial charge in [-0.05, 0) is 52.2 Å². The minimum atomic E-state index is -0.418. The van der Waals surface area contributed by atoms with Crippen LogP contribution in [0.15, 0.2) is 18.3 Å². The number of carbonyl (C=O) groups is 1. The number of amides is 1. The molecular formula is C17H29N3O2. The van der Waals surface area contributed by atoms with Crippen LogP contribution in [-0.2, 0) is 17.8 Å². The van der Waals surface area contributed by atoms with Crippen LogP contribution in [0.1, 0.15) is 39.8 Å². The van der Waals surface area contributed by atoms with Crippen molar-refractivity contribution in [2.75, 3.05) is 19.6 Å². The summed E-state index contributed by atoms with van der Waals surface area (Å²) in [5.41, 5.74) is 0.892. The van der Waals surface area contributed by atoms with E-state index < -0.39 is 5.60 Å². The van der Waals surface area contributed by atoms with E-state index in [0.29, 0.717) is 5.92 Å². The first-order valence-corrected chi connectivity index (χ1v) is 8.21. The van der Waals surface area contributed by atoms with Crippen LogP contribution in [0.2, 0.25) is 0 Å². The molecule has 1 unspecified atom stereocenters. The lowest BCUT2D eigenvalue weighted by molar-refractivity contribution is 0.0288. The van der Waals surface area contributed by atoms with Crippen molar-refractivity contribution in [2.45, 2.75) is 52.8 Å². The molecule has 1 N–H and O–H groups in total. The molecule has 1 aliphatic rings. The molecule has 5 nitrogen and oxygen atoms in total. The Kier molecular flexibility index (Phi) is 5.51. The third-order valence-electron chi connectivity index (χ3n) is 3.94. The van der Waals surface area contributed by atoms with Gasteiger partial charge in [0.15, 0.2) is 0 Å². The fourth-order valence-electron chi connectivity index (χ4n) is 2.81. The van der Waals surface area contributed by atoms with Gasteiger partial charge in [0.05, 0.1) is 0 Å². The molecule has 1 atom stereocenters. The standard InChI is InChI=1S/C17H29N3O2/c1-5-19-9-6-7-15(19)12-18-11-14-8-10-20(13-14)16(21)22-17(2,3)4/h6-7,9,14,18H,5,8,10-13H2,1-4H3. The normalized spacial score (nSPS) is 18.7. The zero-order valence-corrected chi connectivity index (χ0v) is 14.3. The second kappa shape index (κ2) is 7.18. The van der Waals surface area contributed by atoms with E-state index in [4.69, 9.17) is 4.74 Å². The Bertz CT molecular complexity index is 490. The van der Waals surface area contributed by atoms with Crippen molar-refractivity contribution in [3.8, 4) is 0 Å². The number of nitrogens with zero attached hydrogens (tertiary/aromatic N) is 2. The second-order valence-corrected chi connectivity index (χ2v) is 7.00. The van der Waals surface area contributed by atoms with E-state index in [1.54, 1.807) is 0 Å². The summed E-state index contributed by atoms with van der Waals surface area (Å²) < 4.78 is 7.67. The highest BCUT2D eigenvalue weighted by Crippen LogP contribution is 2.19. The molecule has 1 amide bonds. The largest absolute Gasteiger partial charge is 0.444 e. The number of carbonyl (C=O) groups excluding carboxylic acids is 1. The smallest absolute Gasteiger partial charge is 0.410 e. The number of ether oxygens (including phenoxy) is 1. The molecule has 1 aromatic rings. The number of rotatable bonds is 5. The van der Waals surface area contributed by atoms with Crippen LogP contribution in [0.25, 0.3) is 0 Å². The molecular weight excluding hydrogens is 278 g/mol. The zero-order valence-electron chi connectivity index (χ0n) is 14.3. The molecule has 0 bridgehead atoms. The Morgan fingerprint density at radius 3 is 2.91 bits per heavy atom. The number of likely N-dealkylation sites (tertiary alicyclic amines) is 1. The van der Waals surface area contributed by atoms with Gasteiger partial charge in [-0.15, -0.1) is 0 Å². The van der Waals surface area contributed by atoms with E-state index in [0.717, 1.165) is 39.1 Å². The first-order valence-electron chi connectivity index (χ1n) is 8.21. The first kappa shape index (κ1) is 16.9. The Morgan fingerprint density at radius 2 is 2.23 bits per heavy atom. The molecule has 1 aliphatic heterocycles. The third kappa shape index (κ3) is 4.77. The summed E-state index contributed by atoms with van der Waals surface area (Å²) in [5, 5.41) is 3.51. The number of hydrogen-bond acceptors (Lipinski definition) is 3. The minimum Gasteiger partial charge on any atom is -0.444 e. The summed E-state index contributed by atoms with van der Waals surface area (Å²) in [4.78, 5) is 13.9. The van der Waals surface area contributed by atoms with Crippen LogP contribution in [0.3, 0.4) is 0 Å². The van der Waals surface area contributed by atoms with Gasteiger partial charge in [-0.2, -0.15) is 0 Å². The molecule has 1 fully saturated rings. The van der Waals surface area contributed by atoms with Crippen molar-refractivity contribution >= 4 is 6.09 Å². The lowest BCUT2D eigenvalue weighted by Crippen LogP contribution is -2.36. The predicted octanol–water partition coefficient (Wildman–Crippen LogP) is 2.85. The number of hydrogen-bond donors (Lipinski definition) is 1. The van der Waals surface area contributed by atoms with Gasteiger partial charge in [0, 0.05) is 44.6 Å². The van der Waals surface area contributed by atoms with E-state index in [-0.39, 0.29) is 6.09 Å². The van der Waals surface area contributed by atoms with Gasteiger partial charge in [-0.1, -0.05) is 0 Å². The quantitative estimate of drug-likeness (QED) is 0.910. The fraction of sp³-hybridized carbons (Fsp3) is 0.706. The molecule has 1 saturated heterocycles. The van der Waals surface area contributed by atoms with Gasteiger partial charge < -0.3 is 19.5 Å². The molecule has 0 aliphatic carbocycles. The lowest BCUT2D eigenvalue weighted by atomic mass is 10.1. The molecule has 0 aromatic carbocycles. The van der Waals surface area contributed by atoms with E-state index in [1.165, 1.54) is 5.69 Å². The van der Waals surface area contributed by atoms with E-state index in [2.05, 4.69) is 35.1 Å². The summed E-state index contributed by atoms with van der Waals surface area (Å²) in [6, 6.07) is 4.23. The van der Waals surface area contributed by atoms with E-state index in [1.807, 2.05) is 25.7 Å². The fourth-order valence-corrected chi connectivity index (χ4v) is 2.81. The van der Waals surface area contributed by atoms with Crippen LogP contribution in [-0.4, -0.2) is 40.8 Å². The topological polar surface area (TPSA) is 46.5 Å². The highest BCUT2D eigenvalue weighted by Gasteiger charge is 2.29. The average molecular weight is 307 g/mol. The van der Waals surface area contributed by atoms with Crippen LogP contribution >= 0.6 is 0 Å². The monoisotopic (exact) mass is 307 g/mol. The Balaban J connectivity index is 1.71. The average Bonchev–Trinajstić information content (AvgIpc) is 3.05. The molecule has 22 heavy (non-hydrogen) atoms. The Morgan fingerprint density at radius 1 is 1.45 bits per heavy atom. The third-order valence-corrected chi connectivity index (χ3v) is 3.94. The lowest BCUT2D eigenvalue weighted by Gasteiger charge is -2.24. The maximum absolute atomic E-state index is 12.0. The van der Waals surface area contributed by atoms with Crippen molar-refractivity contribution in [1.82, 2.24) is 14.8 Å². The molecule has 2 heterocycles. The number of aryl methyl sites for hydroxylation is 1. The zero-order chi connectivity index (χ0) is 16.2. The number of aromatic nitrogens is 1. The SMILES string of the molecule is CCn1cccc1CNCC1CCN(C(=O)OC(C)(C)C)C1. The molecule has 0 spiro atoms. The van der Waals surface area contributed by atoms with Gasteiger partial charge >= 0.3 is 6.09 Å². The van der Waals surface area contributed by atoms with Gasteiger partial charge in [0.25, 0.3) is 0 Å². The van der Waals surface area contributed by atoms with Crippen LogP contribution < -0.4 is 5.32 Å². The van der Waals surface area contributed by atoms with Crippen LogP contribution in [0.4, 0.5) is 4.79 Å². The van der Waals surface area contributed by atoms with Crippen molar-refractivity contribution in [3.63, 3.8) is 0 Å². The van der Waals surface area contributed by atoms with E-state index in [9.17, 15) is 4.79 Å². The highest BCUT2D eigenvalue weighted by atomic mass is 16.6. The Labute approximate surface area is 133 Å². The predicted molar refractivity (Wildman–Crippen MR) is 87.7 cm³/mol. The highest BCUT2D eigenvalue weighted by molar-refractivity contribution is 5.68. The Hall–Kier alpha value is -1.49. The molecule has 5 heteroatoms. The summed E-state index contributed by atoms with van der Waals surface area (Å²) >= 11 is 0. The minimum absolute atomic E-state index is 0.185. The van der Waals surface area contributed by atoms with Crippen LogP contribution in [0, 0.1) is 5.92 Å². The molecule has 0 radical (unpaired) electrons. The maximum atomic E-state index is 12.0. The molecule has 124 valence electrons.